The number of unbranched alkanes of at least 4 members (excludes halogenated alkanes) is 3. The molecule has 1 atom stereocenters. The number of anilines is 1. The van der Waals surface area contributed by atoms with Gasteiger partial charge in [-0.05, 0) is 35.4 Å². The van der Waals surface area contributed by atoms with Crippen molar-refractivity contribution in [2.45, 2.75) is 50.9 Å². The normalized spacial score (nSPS) is 15.0. The minimum absolute atomic E-state index is 0.155. The summed E-state index contributed by atoms with van der Waals surface area (Å²) in [4.78, 5) is 30.3. The quantitative estimate of drug-likeness (QED) is 0.353. The zero-order chi connectivity index (χ0) is 21.1. The van der Waals surface area contributed by atoms with Crippen LogP contribution in [0.2, 0.25) is 0 Å². The molecule has 30 heavy (non-hydrogen) atoms. The fourth-order valence-electron chi connectivity index (χ4n) is 3.77. The number of benzene rings is 1. The van der Waals surface area contributed by atoms with Crippen LogP contribution in [0.25, 0.3) is 11.3 Å². The van der Waals surface area contributed by atoms with Crippen molar-refractivity contribution < 1.29 is 13.9 Å². The summed E-state index contributed by atoms with van der Waals surface area (Å²) in [5.41, 5.74) is 1.52. The number of nitrogens with zero attached hydrogens (tertiary/aromatic N) is 3. The van der Waals surface area contributed by atoms with Crippen LogP contribution in [0.5, 0.6) is 0 Å². The maximum Gasteiger partial charge on any atom is 0.325 e. The number of aromatic nitrogens is 3. The van der Waals surface area contributed by atoms with Crippen LogP contribution in [0.4, 0.5) is 5.69 Å². The van der Waals surface area contributed by atoms with Gasteiger partial charge in [0, 0.05) is 17.8 Å². The van der Waals surface area contributed by atoms with Crippen LogP contribution in [0.15, 0.2) is 57.0 Å². The van der Waals surface area contributed by atoms with Crippen LogP contribution in [0.3, 0.4) is 0 Å². The van der Waals surface area contributed by atoms with Crippen molar-refractivity contribution in [3.8, 4) is 11.3 Å². The number of furan rings is 1. The number of H-pyrrole nitrogens is 1. The third-order valence-corrected chi connectivity index (χ3v) is 6.08. The molecule has 7 nitrogen and oxygen atoms in total. The number of carbonyl (C=O) groups is 1. The van der Waals surface area contributed by atoms with Gasteiger partial charge in [-0.1, -0.05) is 50.1 Å². The second-order valence-corrected chi connectivity index (χ2v) is 8.34. The molecule has 1 amide bonds. The Balaban J connectivity index is 1.81. The van der Waals surface area contributed by atoms with Gasteiger partial charge in [-0.3, -0.25) is 14.6 Å². The lowest BCUT2D eigenvalue weighted by Gasteiger charge is -2.29. The van der Waals surface area contributed by atoms with Crippen LogP contribution >= 0.6 is 11.8 Å². The van der Waals surface area contributed by atoms with E-state index in [2.05, 4.69) is 11.9 Å². The Bertz CT molecular complexity index is 1090. The maximum absolute atomic E-state index is 13.1. The molecule has 1 aliphatic rings. The highest BCUT2D eigenvalue weighted by Gasteiger charge is 2.46. The Labute approximate surface area is 179 Å². The SMILES string of the molecule is CCCCCCSc1n[n+]2c(c(=O)[nH]1)-c1ccccc1N(C(C)=O)[C@H]2c1ccco1. The summed E-state index contributed by atoms with van der Waals surface area (Å²) in [6, 6.07) is 10.9. The Morgan fingerprint density at radius 1 is 1.23 bits per heavy atom. The number of para-hydroxylation sites is 1. The molecule has 0 radical (unpaired) electrons. The Morgan fingerprint density at radius 3 is 2.80 bits per heavy atom. The number of hydrogen-bond acceptors (Lipinski definition) is 5. The van der Waals surface area contributed by atoms with Crippen LogP contribution < -0.4 is 15.1 Å². The Kier molecular flexibility index (Phi) is 6.03. The van der Waals surface area contributed by atoms with Gasteiger partial charge in [0.25, 0.3) is 0 Å². The van der Waals surface area contributed by atoms with E-state index in [1.54, 1.807) is 28.0 Å². The molecule has 0 bridgehead atoms. The second-order valence-electron chi connectivity index (χ2n) is 7.26. The molecular weight excluding hydrogens is 400 g/mol. The fraction of sp³-hybridized carbons (Fsp3) is 0.364. The molecule has 0 fully saturated rings. The van der Waals surface area contributed by atoms with Crippen molar-refractivity contribution in [3.63, 3.8) is 0 Å². The highest BCUT2D eigenvalue weighted by Crippen LogP contribution is 2.37. The number of carbonyl (C=O) groups excluding carboxylic acids is 1. The van der Waals surface area contributed by atoms with Crippen molar-refractivity contribution in [1.29, 1.82) is 0 Å². The smallest absolute Gasteiger partial charge is 0.325 e. The van der Waals surface area contributed by atoms with E-state index in [1.807, 2.05) is 24.3 Å². The number of fused-ring (bicyclic) bond motifs is 3. The molecule has 0 spiro atoms. The summed E-state index contributed by atoms with van der Waals surface area (Å²) in [5, 5.41) is 5.27. The summed E-state index contributed by atoms with van der Waals surface area (Å²) in [6.07, 6.45) is 5.50. The topological polar surface area (TPSA) is 83.1 Å². The zero-order valence-corrected chi connectivity index (χ0v) is 17.9. The molecule has 0 saturated carbocycles. The van der Waals surface area contributed by atoms with E-state index >= 15 is 0 Å². The van der Waals surface area contributed by atoms with E-state index in [4.69, 9.17) is 9.52 Å². The highest BCUT2D eigenvalue weighted by atomic mass is 32.2. The first-order valence-corrected chi connectivity index (χ1v) is 11.2. The van der Waals surface area contributed by atoms with E-state index in [1.165, 1.54) is 31.5 Å². The van der Waals surface area contributed by atoms with E-state index in [-0.39, 0.29) is 11.5 Å². The third-order valence-electron chi connectivity index (χ3n) is 5.13. The maximum atomic E-state index is 13.1. The third kappa shape index (κ3) is 3.79. The summed E-state index contributed by atoms with van der Waals surface area (Å²) >= 11 is 1.53. The first kappa shape index (κ1) is 20.4. The molecule has 1 aromatic carbocycles. The molecular formula is C22H25N4O3S+. The lowest BCUT2D eigenvalue weighted by atomic mass is 10.0. The van der Waals surface area contributed by atoms with Crippen molar-refractivity contribution in [1.82, 2.24) is 10.1 Å². The first-order chi connectivity index (χ1) is 14.6. The van der Waals surface area contributed by atoms with Gasteiger partial charge in [-0.15, -0.1) is 0 Å². The number of aromatic amines is 1. The predicted octanol–water partition coefficient (Wildman–Crippen LogP) is 3.90. The molecule has 1 aliphatic heterocycles. The van der Waals surface area contributed by atoms with Gasteiger partial charge in [0.05, 0.1) is 17.5 Å². The zero-order valence-electron chi connectivity index (χ0n) is 17.1. The molecule has 0 aliphatic carbocycles. The summed E-state index contributed by atoms with van der Waals surface area (Å²) < 4.78 is 7.28. The lowest BCUT2D eigenvalue weighted by molar-refractivity contribution is -0.764. The number of rotatable bonds is 7. The number of nitrogens with one attached hydrogen (secondary N) is 1. The standard InChI is InChI=1S/C22H24N4O3S/c1-3-4-5-8-14-30-22-23-20(28)19-16-10-6-7-11-17(16)25(15(2)27)21(26(19)24-22)18-12-9-13-29-18/h6-7,9-13,21H,3-5,8,14H2,1-2H3/p+1/t21-/m1/s1. The van der Waals surface area contributed by atoms with Crippen molar-refractivity contribution in [2.75, 3.05) is 10.7 Å². The molecule has 1 N–H and O–H groups in total. The van der Waals surface area contributed by atoms with Gasteiger partial charge in [0.2, 0.25) is 11.1 Å². The average Bonchev–Trinajstić information content (AvgIpc) is 3.26. The first-order valence-electron chi connectivity index (χ1n) is 10.2. The summed E-state index contributed by atoms with van der Waals surface area (Å²) in [5.74, 6) is 1.27. The molecule has 156 valence electrons. The van der Waals surface area contributed by atoms with Crippen LogP contribution in [0.1, 0.15) is 51.5 Å². The Morgan fingerprint density at radius 2 is 2.07 bits per heavy atom. The monoisotopic (exact) mass is 425 g/mol. The van der Waals surface area contributed by atoms with E-state index in [9.17, 15) is 9.59 Å². The van der Waals surface area contributed by atoms with Gasteiger partial charge in [0.15, 0.2) is 5.76 Å². The predicted molar refractivity (Wildman–Crippen MR) is 115 cm³/mol. The molecule has 0 unspecified atom stereocenters. The van der Waals surface area contributed by atoms with Gasteiger partial charge in [-0.2, -0.15) is 0 Å². The fourth-order valence-corrected chi connectivity index (χ4v) is 4.62. The van der Waals surface area contributed by atoms with Crippen LogP contribution in [-0.2, 0) is 4.79 Å². The minimum Gasteiger partial charge on any atom is -0.460 e. The Hall–Kier alpha value is -2.87. The number of hydrogen-bond donors (Lipinski definition) is 1. The lowest BCUT2D eigenvalue weighted by Crippen LogP contribution is -2.60. The van der Waals surface area contributed by atoms with Crippen molar-refractivity contribution in [3.05, 3.63) is 58.8 Å². The van der Waals surface area contributed by atoms with Crippen molar-refractivity contribution >= 4 is 23.4 Å². The number of thioether (sulfide) groups is 1. The molecule has 2 aromatic heterocycles. The minimum atomic E-state index is -0.663. The highest BCUT2D eigenvalue weighted by molar-refractivity contribution is 7.99. The molecule has 8 heteroatoms. The van der Waals surface area contributed by atoms with E-state index < -0.39 is 6.17 Å². The van der Waals surface area contributed by atoms with Gasteiger partial charge < -0.3 is 4.42 Å². The van der Waals surface area contributed by atoms with Gasteiger partial charge in [-0.25, -0.2) is 4.90 Å². The van der Waals surface area contributed by atoms with Crippen molar-refractivity contribution in [2.24, 2.45) is 0 Å². The number of amides is 1. The summed E-state index contributed by atoms with van der Waals surface area (Å²) in [6.45, 7) is 3.69. The van der Waals surface area contributed by atoms with Crippen LogP contribution in [0, 0.1) is 0 Å². The van der Waals surface area contributed by atoms with Gasteiger partial charge >= 0.3 is 17.4 Å². The largest absolute Gasteiger partial charge is 0.460 e. The van der Waals surface area contributed by atoms with Gasteiger partial charge in [0.1, 0.15) is 0 Å². The molecule has 0 saturated heterocycles. The van der Waals surface area contributed by atoms with Crippen LogP contribution in [-0.4, -0.2) is 21.7 Å². The average molecular weight is 426 g/mol. The van der Waals surface area contributed by atoms with E-state index in [0.29, 0.717) is 27.9 Å². The second kappa shape index (κ2) is 8.87. The van der Waals surface area contributed by atoms with E-state index in [0.717, 1.165) is 18.6 Å². The molecule has 4 rings (SSSR count). The molecule has 3 aromatic rings. The summed E-state index contributed by atoms with van der Waals surface area (Å²) in [7, 11) is 0. The molecule has 3 heterocycles.